The highest BCUT2D eigenvalue weighted by Crippen LogP contribution is 2.18. The van der Waals surface area contributed by atoms with Gasteiger partial charge in [0.15, 0.2) is 0 Å². The van der Waals surface area contributed by atoms with Crippen LogP contribution in [0.25, 0.3) is 0 Å². The Morgan fingerprint density at radius 3 is 2.35 bits per heavy atom. The molecule has 0 bridgehead atoms. The summed E-state index contributed by atoms with van der Waals surface area (Å²) in [5.74, 6) is 0.257. The van der Waals surface area contributed by atoms with Crippen molar-refractivity contribution in [2.24, 2.45) is 0 Å². The normalized spacial score (nSPS) is 10.0. The molecule has 0 aromatic heterocycles. The van der Waals surface area contributed by atoms with Crippen LogP contribution in [0.15, 0.2) is 53.0 Å². The van der Waals surface area contributed by atoms with Gasteiger partial charge in [-0.25, -0.2) is 4.79 Å². The standard InChI is InChI=1S/C14H11BrO2/c1-10-4-2-3-5-13(10)17-14(16)11-6-8-12(15)9-7-11/h2-9H,1H3. The Hall–Kier alpha value is -1.61. The number of aryl methyl sites for hydroxylation is 1. The van der Waals surface area contributed by atoms with Crippen molar-refractivity contribution in [3.63, 3.8) is 0 Å². The van der Waals surface area contributed by atoms with Crippen LogP contribution in [0.1, 0.15) is 15.9 Å². The number of hydrogen-bond donors (Lipinski definition) is 0. The molecule has 0 aliphatic heterocycles. The van der Waals surface area contributed by atoms with Gasteiger partial charge in [0.2, 0.25) is 0 Å². The summed E-state index contributed by atoms with van der Waals surface area (Å²) in [6.45, 7) is 1.91. The van der Waals surface area contributed by atoms with Crippen LogP contribution in [-0.4, -0.2) is 5.97 Å². The van der Waals surface area contributed by atoms with Crippen LogP contribution in [0.2, 0.25) is 0 Å². The lowest BCUT2D eigenvalue weighted by molar-refractivity contribution is 0.0733. The van der Waals surface area contributed by atoms with Crippen LogP contribution in [0.3, 0.4) is 0 Å². The van der Waals surface area contributed by atoms with Gasteiger partial charge in [-0.3, -0.25) is 0 Å². The molecular formula is C14H11BrO2. The van der Waals surface area contributed by atoms with E-state index in [1.165, 1.54) is 0 Å². The van der Waals surface area contributed by atoms with Crippen LogP contribution in [0.5, 0.6) is 5.75 Å². The largest absolute Gasteiger partial charge is 0.423 e. The lowest BCUT2D eigenvalue weighted by Gasteiger charge is -2.06. The van der Waals surface area contributed by atoms with Crippen LogP contribution >= 0.6 is 15.9 Å². The predicted molar refractivity (Wildman–Crippen MR) is 70.3 cm³/mol. The lowest BCUT2D eigenvalue weighted by Crippen LogP contribution is -2.08. The molecule has 2 rings (SSSR count). The molecule has 0 saturated heterocycles. The van der Waals surface area contributed by atoms with Crippen molar-refractivity contribution < 1.29 is 9.53 Å². The molecule has 0 saturated carbocycles. The summed E-state index contributed by atoms with van der Waals surface area (Å²) >= 11 is 3.32. The summed E-state index contributed by atoms with van der Waals surface area (Å²) in [4.78, 5) is 11.8. The number of halogens is 1. The summed E-state index contributed by atoms with van der Waals surface area (Å²) in [7, 11) is 0. The van der Waals surface area contributed by atoms with E-state index in [9.17, 15) is 4.79 Å². The Morgan fingerprint density at radius 2 is 1.71 bits per heavy atom. The van der Waals surface area contributed by atoms with Gasteiger partial charge in [-0.2, -0.15) is 0 Å². The first-order valence-electron chi connectivity index (χ1n) is 5.20. The van der Waals surface area contributed by atoms with E-state index in [1.807, 2.05) is 37.3 Å². The Morgan fingerprint density at radius 1 is 1.06 bits per heavy atom. The van der Waals surface area contributed by atoms with Crippen molar-refractivity contribution in [3.8, 4) is 5.75 Å². The Labute approximate surface area is 108 Å². The molecule has 0 N–H and O–H groups in total. The van der Waals surface area contributed by atoms with E-state index in [2.05, 4.69) is 15.9 Å². The molecule has 0 fully saturated rings. The van der Waals surface area contributed by atoms with Gasteiger partial charge in [0.05, 0.1) is 5.56 Å². The number of esters is 1. The van der Waals surface area contributed by atoms with Gasteiger partial charge in [-0.1, -0.05) is 34.1 Å². The first-order valence-corrected chi connectivity index (χ1v) is 5.99. The van der Waals surface area contributed by atoms with E-state index in [0.29, 0.717) is 11.3 Å². The van der Waals surface area contributed by atoms with Crippen LogP contribution in [0.4, 0.5) is 0 Å². The van der Waals surface area contributed by atoms with Gasteiger partial charge >= 0.3 is 5.97 Å². The highest BCUT2D eigenvalue weighted by Gasteiger charge is 2.09. The molecule has 0 atom stereocenters. The minimum absolute atomic E-state index is 0.341. The lowest BCUT2D eigenvalue weighted by atomic mass is 10.2. The molecule has 0 radical (unpaired) electrons. The molecule has 17 heavy (non-hydrogen) atoms. The third-order valence-corrected chi connectivity index (χ3v) is 2.90. The van der Waals surface area contributed by atoms with E-state index < -0.39 is 0 Å². The second kappa shape index (κ2) is 5.15. The van der Waals surface area contributed by atoms with Crippen molar-refractivity contribution >= 4 is 21.9 Å². The minimum atomic E-state index is -0.341. The van der Waals surface area contributed by atoms with Gasteiger partial charge in [0.1, 0.15) is 5.75 Å². The van der Waals surface area contributed by atoms with Gasteiger partial charge in [-0.15, -0.1) is 0 Å². The average molecular weight is 291 g/mol. The molecule has 0 aliphatic carbocycles. The van der Waals surface area contributed by atoms with Crippen LogP contribution in [-0.2, 0) is 0 Å². The quantitative estimate of drug-likeness (QED) is 0.618. The van der Waals surface area contributed by atoms with Crippen molar-refractivity contribution in [2.45, 2.75) is 6.92 Å². The number of ether oxygens (including phenoxy) is 1. The maximum absolute atomic E-state index is 11.8. The number of benzene rings is 2. The van der Waals surface area contributed by atoms with E-state index in [4.69, 9.17) is 4.74 Å². The van der Waals surface area contributed by atoms with Gasteiger partial charge < -0.3 is 4.74 Å². The highest BCUT2D eigenvalue weighted by molar-refractivity contribution is 9.10. The number of para-hydroxylation sites is 1. The third kappa shape index (κ3) is 2.94. The molecule has 3 heteroatoms. The minimum Gasteiger partial charge on any atom is -0.423 e. The molecular weight excluding hydrogens is 280 g/mol. The zero-order chi connectivity index (χ0) is 12.3. The van der Waals surface area contributed by atoms with Gasteiger partial charge in [0, 0.05) is 4.47 Å². The molecule has 0 unspecified atom stereocenters. The summed E-state index contributed by atoms with van der Waals surface area (Å²) < 4.78 is 6.25. The zero-order valence-electron chi connectivity index (χ0n) is 9.31. The zero-order valence-corrected chi connectivity index (χ0v) is 10.9. The van der Waals surface area contributed by atoms with Crippen molar-refractivity contribution in [1.29, 1.82) is 0 Å². The fraction of sp³-hybridized carbons (Fsp3) is 0.0714. The first-order chi connectivity index (χ1) is 8.16. The van der Waals surface area contributed by atoms with Crippen LogP contribution in [0, 0.1) is 6.92 Å². The summed E-state index contributed by atoms with van der Waals surface area (Å²) in [5.41, 5.74) is 1.48. The Bertz CT molecular complexity index is 532. The maximum atomic E-state index is 11.8. The van der Waals surface area contributed by atoms with Gasteiger partial charge in [-0.05, 0) is 42.8 Å². The molecule has 0 heterocycles. The first kappa shape index (κ1) is 11.9. The predicted octanol–water partition coefficient (Wildman–Crippen LogP) is 3.98. The molecule has 2 aromatic carbocycles. The maximum Gasteiger partial charge on any atom is 0.343 e. The summed E-state index contributed by atoms with van der Waals surface area (Å²) in [6, 6.07) is 14.5. The Balaban J connectivity index is 2.17. The fourth-order valence-electron chi connectivity index (χ4n) is 1.42. The van der Waals surface area contributed by atoms with E-state index in [1.54, 1.807) is 18.2 Å². The summed E-state index contributed by atoms with van der Waals surface area (Å²) in [6.07, 6.45) is 0. The number of rotatable bonds is 2. The smallest absolute Gasteiger partial charge is 0.343 e. The molecule has 86 valence electrons. The van der Waals surface area contributed by atoms with E-state index in [-0.39, 0.29) is 5.97 Å². The van der Waals surface area contributed by atoms with Crippen molar-refractivity contribution in [2.75, 3.05) is 0 Å². The van der Waals surface area contributed by atoms with Crippen molar-refractivity contribution in [1.82, 2.24) is 0 Å². The number of carbonyl (C=O) groups excluding carboxylic acids is 1. The SMILES string of the molecule is Cc1ccccc1OC(=O)c1ccc(Br)cc1. The molecule has 0 aliphatic rings. The Kier molecular flexibility index (Phi) is 3.59. The van der Waals surface area contributed by atoms with Crippen LogP contribution < -0.4 is 4.74 Å². The van der Waals surface area contributed by atoms with Crippen molar-refractivity contribution in [3.05, 3.63) is 64.1 Å². The molecule has 2 aromatic rings. The second-order valence-corrected chi connectivity index (χ2v) is 4.58. The summed E-state index contributed by atoms with van der Waals surface area (Å²) in [5, 5.41) is 0. The van der Waals surface area contributed by atoms with E-state index >= 15 is 0 Å². The highest BCUT2D eigenvalue weighted by atomic mass is 79.9. The third-order valence-electron chi connectivity index (χ3n) is 2.38. The van der Waals surface area contributed by atoms with E-state index in [0.717, 1.165) is 10.0 Å². The molecule has 0 spiro atoms. The van der Waals surface area contributed by atoms with Gasteiger partial charge in [0.25, 0.3) is 0 Å². The fourth-order valence-corrected chi connectivity index (χ4v) is 1.68. The topological polar surface area (TPSA) is 26.3 Å². The number of hydrogen-bond acceptors (Lipinski definition) is 2. The average Bonchev–Trinajstić information content (AvgIpc) is 2.33. The molecule has 0 amide bonds. The molecule has 2 nitrogen and oxygen atoms in total. The monoisotopic (exact) mass is 290 g/mol. The second-order valence-electron chi connectivity index (χ2n) is 3.66. The number of carbonyl (C=O) groups is 1.